The lowest BCUT2D eigenvalue weighted by Gasteiger charge is -2.42. The highest BCUT2D eigenvalue weighted by Crippen LogP contribution is 2.45. The number of carbonyl (C=O) groups excluding carboxylic acids is 1. The molecule has 0 aliphatic heterocycles. The van der Waals surface area contributed by atoms with Crippen LogP contribution in [0.3, 0.4) is 0 Å². The first-order chi connectivity index (χ1) is 7.89. The summed E-state index contributed by atoms with van der Waals surface area (Å²) >= 11 is 0. The van der Waals surface area contributed by atoms with Crippen molar-refractivity contribution in [3.05, 3.63) is 0 Å². The van der Waals surface area contributed by atoms with E-state index >= 15 is 0 Å². The van der Waals surface area contributed by atoms with E-state index in [9.17, 15) is 9.90 Å². The lowest BCUT2D eigenvalue weighted by atomic mass is 9.67. The van der Waals surface area contributed by atoms with E-state index in [0.717, 1.165) is 19.3 Å². The predicted molar refractivity (Wildman–Crippen MR) is 67.6 cm³/mol. The van der Waals surface area contributed by atoms with Crippen LogP contribution < -0.4 is 0 Å². The first kappa shape index (κ1) is 14.5. The van der Waals surface area contributed by atoms with E-state index in [4.69, 9.17) is 4.74 Å². The summed E-state index contributed by atoms with van der Waals surface area (Å²) in [6, 6.07) is 0. The molecular weight excluding hydrogens is 216 g/mol. The minimum absolute atomic E-state index is 0.281. The van der Waals surface area contributed by atoms with Gasteiger partial charge in [0.1, 0.15) is 0 Å². The van der Waals surface area contributed by atoms with E-state index < -0.39 is 11.0 Å². The van der Waals surface area contributed by atoms with Crippen LogP contribution in [-0.4, -0.2) is 23.8 Å². The third-order valence-corrected chi connectivity index (χ3v) is 4.71. The molecule has 1 fully saturated rings. The highest BCUT2D eigenvalue weighted by Gasteiger charge is 2.51. The molecule has 3 atom stereocenters. The van der Waals surface area contributed by atoms with Gasteiger partial charge < -0.3 is 9.84 Å². The summed E-state index contributed by atoms with van der Waals surface area (Å²) in [7, 11) is 1.40. The highest BCUT2D eigenvalue weighted by atomic mass is 16.5. The topological polar surface area (TPSA) is 46.5 Å². The molecule has 1 aliphatic rings. The highest BCUT2D eigenvalue weighted by molar-refractivity contribution is 5.77. The van der Waals surface area contributed by atoms with Crippen LogP contribution in [0.15, 0.2) is 0 Å². The van der Waals surface area contributed by atoms with Gasteiger partial charge in [-0.1, -0.05) is 26.7 Å². The monoisotopic (exact) mass is 242 g/mol. The fourth-order valence-electron chi connectivity index (χ4n) is 2.94. The second-order valence-electron chi connectivity index (χ2n) is 5.74. The molecule has 1 aliphatic carbocycles. The van der Waals surface area contributed by atoms with Gasteiger partial charge in [-0.3, -0.25) is 4.79 Å². The Morgan fingerprint density at radius 1 is 1.47 bits per heavy atom. The Morgan fingerprint density at radius 3 is 2.65 bits per heavy atom. The van der Waals surface area contributed by atoms with Gasteiger partial charge in [0.15, 0.2) is 0 Å². The van der Waals surface area contributed by atoms with Crippen LogP contribution in [-0.2, 0) is 9.53 Å². The van der Waals surface area contributed by atoms with E-state index in [1.54, 1.807) is 0 Å². The Morgan fingerprint density at radius 2 is 2.12 bits per heavy atom. The second kappa shape index (κ2) is 5.38. The molecule has 1 rings (SSSR count). The molecule has 0 aromatic carbocycles. The van der Waals surface area contributed by atoms with E-state index in [2.05, 4.69) is 6.92 Å². The lowest BCUT2D eigenvalue weighted by molar-refractivity contribution is -0.173. The zero-order valence-corrected chi connectivity index (χ0v) is 11.6. The van der Waals surface area contributed by atoms with Gasteiger partial charge in [0, 0.05) is 0 Å². The van der Waals surface area contributed by atoms with Crippen LogP contribution >= 0.6 is 0 Å². The van der Waals surface area contributed by atoms with Crippen molar-refractivity contribution in [2.75, 3.05) is 7.11 Å². The molecule has 0 saturated heterocycles. The Balaban J connectivity index is 2.95. The van der Waals surface area contributed by atoms with E-state index in [1.807, 2.05) is 13.8 Å². The van der Waals surface area contributed by atoms with Gasteiger partial charge in [-0.2, -0.15) is 0 Å². The predicted octanol–water partition coefficient (Wildman–Crippen LogP) is 2.91. The second-order valence-corrected chi connectivity index (χ2v) is 5.74. The van der Waals surface area contributed by atoms with Gasteiger partial charge in [-0.25, -0.2) is 0 Å². The minimum atomic E-state index is -0.903. The van der Waals surface area contributed by atoms with Gasteiger partial charge in [0.25, 0.3) is 0 Å². The normalized spacial score (nSPS) is 33.6. The zero-order chi connectivity index (χ0) is 13.1. The maximum atomic E-state index is 12.0. The smallest absolute Gasteiger partial charge is 0.314 e. The maximum absolute atomic E-state index is 12.0. The molecule has 1 saturated carbocycles. The molecule has 100 valence electrons. The molecule has 0 heterocycles. The molecule has 0 aromatic heterocycles. The summed E-state index contributed by atoms with van der Waals surface area (Å²) in [5.74, 6) is 0.361. The fraction of sp³-hybridized carbons (Fsp3) is 0.929. The number of methoxy groups -OCH3 is 1. The molecular formula is C14H26O3. The summed E-state index contributed by atoms with van der Waals surface area (Å²) in [5, 5.41) is 10.9. The Bertz CT molecular complexity index is 277. The number of aliphatic hydroxyl groups is 1. The van der Waals surface area contributed by atoms with E-state index in [0.29, 0.717) is 25.2 Å². The summed E-state index contributed by atoms with van der Waals surface area (Å²) in [6.45, 7) is 6.01. The average Bonchev–Trinajstić information content (AvgIpc) is 2.50. The van der Waals surface area contributed by atoms with Crippen LogP contribution in [0, 0.1) is 11.3 Å². The first-order valence-electron chi connectivity index (χ1n) is 6.70. The number of carbonyl (C=O) groups is 1. The van der Waals surface area contributed by atoms with Crippen molar-refractivity contribution in [3.8, 4) is 0 Å². The summed E-state index contributed by atoms with van der Waals surface area (Å²) in [5.41, 5.74) is -1.68. The average molecular weight is 242 g/mol. The van der Waals surface area contributed by atoms with Crippen LogP contribution in [0.1, 0.15) is 59.3 Å². The van der Waals surface area contributed by atoms with Gasteiger partial charge in [0.05, 0.1) is 18.1 Å². The van der Waals surface area contributed by atoms with Crippen LogP contribution in [0.5, 0.6) is 0 Å². The van der Waals surface area contributed by atoms with Crippen molar-refractivity contribution in [3.63, 3.8) is 0 Å². The number of hydrogen-bond donors (Lipinski definition) is 1. The third kappa shape index (κ3) is 2.65. The Labute approximate surface area is 105 Å². The number of rotatable bonds is 3. The molecule has 0 aromatic rings. The number of ether oxygens (including phenoxy) is 1. The fourth-order valence-corrected chi connectivity index (χ4v) is 2.94. The molecule has 0 bridgehead atoms. The van der Waals surface area contributed by atoms with Gasteiger partial charge in [0.2, 0.25) is 0 Å². The van der Waals surface area contributed by atoms with Crippen LogP contribution in [0.25, 0.3) is 0 Å². The molecule has 1 N–H and O–H groups in total. The molecule has 17 heavy (non-hydrogen) atoms. The summed E-state index contributed by atoms with van der Waals surface area (Å²) in [4.78, 5) is 12.0. The Hall–Kier alpha value is -0.570. The zero-order valence-electron chi connectivity index (χ0n) is 11.6. The number of esters is 1. The van der Waals surface area contributed by atoms with Crippen molar-refractivity contribution < 1.29 is 14.6 Å². The molecule has 3 unspecified atom stereocenters. The van der Waals surface area contributed by atoms with Crippen molar-refractivity contribution in [1.82, 2.24) is 0 Å². The van der Waals surface area contributed by atoms with Gasteiger partial charge in [-0.05, 0) is 38.5 Å². The molecule has 3 heteroatoms. The van der Waals surface area contributed by atoms with Crippen molar-refractivity contribution in [2.24, 2.45) is 11.3 Å². The molecule has 3 nitrogen and oxygen atoms in total. The number of hydrogen-bond acceptors (Lipinski definition) is 3. The van der Waals surface area contributed by atoms with Crippen LogP contribution in [0.4, 0.5) is 0 Å². The lowest BCUT2D eigenvalue weighted by Crippen LogP contribution is -2.51. The SMILES string of the molecule is CCC(C)(C(=O)OC)C1(O)CCCC(C)CC1. The van der Waals surface area contributed by atoms with Crippen molar-refractivity contribution in [2.45, 2.75) is 64.9 Å². The third-order valence-electron chi connectivity index (χ3n) is 4.71. The first-order valence-corrected chi connectivity index (χ1v) is 6.70. The quantitative estimate of drug-likeness (QED) is 0.611. The molecule has 0 amide bonds. The summed E-state index contributed by atoms with van der Waals surface area (Å²) < 4.78 is 4.89. The molecule has 0 spiro atoms. The summed E-state index contributed by atoms with van der Waals surface area (Å²) in [6.07, 6.45) is 5.14. The maximum Gasteiger partial charge on any atom is 0.314 e. The van der Waals surface area contributed by atoms with Crippen LogP contribution in [0.2, 0.25) is 0 Å². The van der Waals surface area contributed by atoms with E-state index in [1.165, 1.54) is 7.11 Å². The largest absolute Gasteiger partial charge is 0.469 e. The van der Waals surface area contributed by atoms with E-state index in [-0.39, 0.29) is 5.97 Å². The Kier molecular flexibility index (Phi) is 4.59. The standard InChI is InChI=1S/C14H26O3/c1-5-13(3,12(15)17-4)14(16)9-6-7-11(2)8-10-14/h11,16H,5-10H2,1-4H3. The van der Waals surface area contributed by atoms with Crippen molar-refractivity contribution >= 4 is 5.97 Å². The molecule has 0 radical (unpaired) electrons. The van der Waals surface area contributed by atoms with Gasteiger partial charge >= 0.3 is 5.97 Å². The minimum Gasteiger partial charge on any atom is -0.469 e. The van der Waals surface area contributed by atoms with Gasteiger partial charge in [-0.15, -0.1) is 0 Å². The van der Waals surface area contributed by atoms with Crippen molar-refractivity contribution in [1.29, 1.82) is 0 Å².